The summed E-state index contributed by atoms with van der Waals surface area (Å²) in [4.78, 5) is 11.2. The van der Waals surface area contributed by atoms with Gasteiger partial charge in [-0.25, -0.2) is 0 Å². The molecule has 0 aliphatic heterocycles. The number of Topliss-reactive ketones (excluding diaryl/α,β-unsaturated/α-hetero) is 1. The largest absolute Gasteiger partial charge is 0.454 e. The van der Waals surface area contributed by atoms with Crippen LogP contribution in [0.4, 0.5) is 0 Å². The number of hydrogen-bond donors (Lipinski definition) is 0. The van der Waals surface area contributed by atoms with Crippen molar-refractivity contribution in [1.29, 1.82) is 0 Å². The van der Waals surface area contributed by atoms with Crippen LogP contribution in [0, 0.1) is 6.92 Å². The maximum absolute atomic E-state index is 11.2. The first-order valence-electron chi connectivity index (χ1n) is 5.72. The molecule has 2 aromatic carbocycles. The Morgan fingerprint density at radius 1 is 1.00 bits per heavy atom. The van der Waals surface area contributed by atoms with E-state index in [4.69, 9.17) is 27.9 Å². The summed E-state index contributed by atoms with van der Waals surface area (Å²) in [6, 6.07) is 10.4. The Labute approximate surface area is 121 Å². The zero-order valence-electron chi connectivity index (χ0n) is 10.5. The minimum Gasteiger partial charge on any atom is -0.454 e. The third-order valence-corrected chi connectivity index (χ3v) is 3.24. The van der Waals surface area contributed by atoms with Crippen molar-refractivity contribution in [3.63, 3.8) is 0 Å². The van der Waals surface area contributed by atoms with Gasteiger partial charge in [-0.3, -0.25) is 4.79 Å². The zero-order chi connectivity index (χ0) is 14.0. The van der Waals surface area contributed by atoms with Crippen molar-refractivity contribution in [2.24, 2.45) is 0 Å². The summed E-state index contributed by atoms with van der Waals surface area (Å²) in [6.45, 7) is 3.44. The standard InChI is InChI=1S/C15H12Cl2O2/c1-9-3-5-14(12(16)7-9)19-15-6-4-11(10(2)18)8-13(15)17/h3-8H,1-2H3. The fourth-order valence-electron chi connectivity index (χ4n) is 1.61. The van der Waals surface area contributed by atoms with E-state index >= 15 is 0 Å². The topological polar surface area (TPSA) is 26.3 Å². The van der Waals surface area contributed by atoms with Crippen molar-refractivity contribution in [2.75, 3.05) is 0 Å². The average Bonchev–Trinajstić information content (AvgIpc) is 2.34. The molecule has 2 rings (SSSR count). The molecule has 0 bridgehead atoms. The second kappa shape index (κ2) is 5.64. The maximum Gasteiger partial charge on any atom is 0.159 e. The van der Waals surface area contributed by atoms with Gasteiger partial charge in [-0.2, -0.15) is 0 Å². The van der Waals surface area contributed by atoms with Crippen molar-refractivity contribution in [2.45, 2.75) is 13.8 Å². The van der Waals surface area contributed by atoms with E-state index in [1.54, 1.807) is 24.3 Å². The SMILES string of the molecule is CC(=O)c1ccc(Oc2ccc(C)cc2Cl)c(Cl)c1. The number of benzene rings is 2. The van der Waals surface area contributed by atoms with E-state index in [-0.39, 0.29) is 5.78 Å². The van der Waals surface area contributed by atoms with Crippen molar-refractivity contribution >= 4 is 29.0 Å². The van der Waals surface area contributed by atoms with Crippen LogP contribution in [0.2, 0.25) is 10.0 Å². The summed E-state index contributed by atoms with van der Waals surface area (Å²) >= 11 is 12.2. The number of carbonyl (C=O) groups excluding carboxylic acids is 1. The number of ether oxygens (including phenoxy) is 1. The molecule has 2 aromatic rings. The number of rotatable bonds is 3. The van der Waals surface area contributed by atoms with Gasteiger partial charge in [-0.1, -0.05) is 29.3 Å². The zero-order valence-corrected chi connectivity index (χ0v) is 12.0. The molecular weight excluding hydrogens is 283 g/mol. The highest BCUT2D eigenvalue weighted by Gasteiger charge is 2.09. The number of carbonyl (C=O) groups is 1. The lowest BCUT2D eigenvalue weighted by Crippen LogP contribution is -1.93. The van der Waals surface area contributed by atoms with E-state index in [9.17, 15) is 4.79 Å². The smallest absolute Gasteiger partial charge is 0.159 e. The molecule has 0 aromatic heterocycles. The first-order valence-corrected chi connectivity index (χ1v) is 6.47. The van der Waals surface area contributed by atoms with Gasteiger partial charge < -0.3 is 4.74 Å². The number of halogens is 2. The van der Waals surface area contributed by atoms with Gasteiger partial charge in [0.05, 0.1) is 10.0 Å². The molecule has 4 heteroatoms. The maximum atomic E-state index is 11.2. The molecule has 0 unspecified atom stereocenters. The first kappa shape index (κ1) is 13.9. The first-order chi connectivity index (χ1) is 8.97. The van der Waals surface area contributed by atoms with Crippen LogP contribution in [0.3, 0.4) is 0 Å². The van der Waals surface area contributed by atoms with Gasteiger partial charge in [0.25, 0.3) is 0 Å². The molecule has 0 aliphatic rings. The molecule has 0 radical (unpaired) electrons. The highest BCUT2D eigenvalue weighted by Crippen LogP contribution is 2.34. The second-order valence-electron chi connectivity index (χ2n) is 4.24. The Bertz CT molecular complexity index is 636. The summed E-state index contributed by atoms with van der Waals surface area (Å²) in [7, 11) is 0. The van der Waals surface area contributed by atoms with Crippen LogP contribution in [0.5, 0.6) is 11.5 Å². The highest BCUT2D eigenvalue weighted by molar-refractivity contribution is 6.33. The molecule has 0 fully saturated rings. The van der Waals surface area contributed by atoms with E-state index < -0.39 is 0 Å². The molecule has 2 nitrogen and oxygen atoms in total. The van der Waals surface area contributed by atoms with Gasteiger partial charge >= 0.3 is 0 Å². The Kier molecular flexibility index (Phi) is 4.13. The number of aryl methyl sites for hydroxylation is 1. The summed E-state index contributed by atoms with van der Waals surface area (Å²) in [6.07, 6.45) is 0. The molecule has 19 heavy (non-hydrogen) atoms. The van der Waals surface area contributed by atoms with Crippen LogP contribution in [0.1, 0.15) is 22.8 Å². The quantitative estimate of drug-likeness (QED) is 0.718. The van der Waals surface area contributed by atoms with Crippen LogP contribution in [-0.2, 0) is 0 Å². The third kappa shape index (κ3) is 3.28. The molecule has 98 valence electrons. The van der Waals surface area contributed by atoms with E-state index in [0.717, 1.165) is 5.56 Å². The van der Waals surface area contributed by atoms with Crippen LogP contribution in [0.25, 0.3) is 0 Å². The lowest BCUT2D eigenvalue weighted by molar-refractivity contribution is 0.101. The summed E-state index contributed by atoms with van der Waals surface area (Å²) in [5, 5.41) is 0.899. The fourth-order valence-corrected chi connectivity index (χ4v) is 2.10. The highest BCUT2D eigenvalue weighted by atomic mass is 35.5. The molecule has 0 spiro atoms. The van der Waals surface area contributed by atoms with Crippen LogP contribution in [-0.4, -0.2) is 5.78 Å². The van der Waals surface area contributed by atoms with Crippen molar-refractivity contribution in [3.8, 4) is 11.5 Å². The second-order valence-corrected chi connectivity index (χ2v) is 5.05. The lowest BCUT2D eigenvalue weighted by Gasteiger charge is -2.10. The van der Waals surface area contributed by atoms with E-state index in [2.05, 4.69) is 0 Å². The third-order valence-electron chi connectivity index (χ3n) is 2.65. The van der Waals surface area contributed by atoms with Gasteiger partial charge in [0.2, 0.25) is 0 Å². The summed E-state index contributed by atoms with van der Waals surface area (Å²) in [5.74, 6) is 0.962. The van der Waals surface area contributed by atoms with E-state index in [1.807, 2.05) is 19.1 Å². The number of ketones is 1. The molecule has 0 amide bonds. The normalized spacial score (nSPS) is 10.3. The van der Waals surface area contributed by atoms with Crippen LogP contribution in [0.15, 0.2) is 36.4 Å². The van der Waals surface area contributed by atoms with Gasteiger partial charge in [-0.05, 0) is 49.7 Å². The van der Waals surface area contributed by atoms with Gasteiger partial charge in [-0.15, -0.1) is 0 Å². The Balaban J connectivity index is 2.31. The van der Waals surface area contributed by atoms with Gasteiger partial charge in [0.15, 0.2) is 5.78 Å². The minimum atomic E-state index is -0.0400. The van der Waals surface area contributed by atoms with Gasteiger partial charge in [0.1, 0.15) is 11.5 Å². The van der Waals surface area contributed by atoms with Crippen molar-refractivity contribution < 1.29 is 9.53 Å². The summed E-state index contributed by atoms with van der Waals surface area (Å²) < 4.78 is 5.65. The summed E-state index contributed by atoms with van der Waals surface area (Å²) in [5.41, 5.74) is 1.60. The Morgan fingerprint density at radius 3 is 2.11 bits per heavy atom. The molecule has 0 aliphatic carbocycles. The van der Waals surface area contributed by atoms with Crippen molar-refractivity contribution in [3.05, 3.63) is 57.6 Å². The molecule has 0 heterocycles. The average molecular weight is 295 g/mol. The lowest BCUT2D eigenvalue weighted by atomic mass is 10.1. The Hall–Kier alpha value is -1.51. The predicted molar refractivity (Wildman–Crippen MR) is 77.7 cm³/mol. The van der Waals surface area contributed by atoms with Crippen LogP contribution >= 0.6 is 23.2 Å². The predicted octanol–water partition coefficient (Wildman–Crippen LogP) is 5.30. The molecule has 0 atom stereocenters. The fraction of sp³-hybridized carbons (Fsp3) is 0.133. The van der Waals surface area contributed by atoms with E-state index in [0.29, 0.717) is 27.1 Å². The number of hydrogen-bond acceptors (Lipinski definition) is 2. The van der Waals surface area contributed by atoms with Gasteiger partial charge in [0, 0.05) is 5.56 Å². The molecule has 0 saturated heterocycles. The van der Waals surface area contributed by atoms with Crippen molar-refractivity contribution in [1.82, 2.24) is 0 Å². The molecule has 0 N–H and O–H groups in total. The Morgan fingerprint density at radius 2 is 1.58 bits per heavy atom. The molecular formula is C15H12Cl2O2. The monoisotopic (exact) mass is 294 g/mol. The van der Waals surface area contributed by atoms with E-state index in [1.165, 1.54) is 6.92 Å². The van der Waals surface area contributed by atoms with Crippen LogP contribution < -0.4 is 4.74 Å². The molecule has 0 saturated carbocycles. The minimum absolute atomic E-state index is 0.0400.